The number of amides is 1. The third-order valence-electron chi connectivity index (χ3n) is 6.78. The Bertz CT molecular complexity index is 922. The molecular weight excluding hydrogens is 390 g/mol. The Labute approximate surface area is 184 Å². The molecule has 3 heterocycles. The number of hydrogen-bond donors (Lipinski definition) is 1. The number of fused-ring (bicyclic) bond motifs is 1. The molecule has 2 fully saturated rings. The van der Waals surface area contributed by atoms with E-state index in [0.29, 0.717) is 18.7 Å². The summed E-state index contributed by atoms with van der Waals surface area (Å²) in [6.07, 6.45) is 7.54. The molecule has 5 rings (SSSR count). The molecule has 31 heavy (non-hydrogen) atoms. The van der Waals surface area contributed by atoms with E-state index in [1.807, 2.05) is 11.1 Å². The molecule has 1 aromatic carbocycles. The van der Waals surface area contributed by atoms with Crippen molar-refractivity contribution < 1.29 is 9.90 Å². The lowest BCUT2D eigenvalue weighted by Gasteiger charge is -2.43. The highest BCUT2D eigenvalue weighted by Gasteiger charge is 2.29. The molecule has 166 valence electrons. The number of anilines is 1. The number of hydrogen-bond acceptors (Lipinski definition) is 6. The fraction of sp³-hybridized carbons (Fsp3) is 0.542. The number of carbonyl (C=O) groups is 1. The fourth-order valence-electron chi connectivity index (χ4n) is 4.68. The summed E-state index contributed by atoms with van der Waals surface area (Å²) in [5.74, 6) is 0.903. The Balaban J connectivity index is 0.00000231. The first kappa shape index (κ1) is 21.6. The Morgan fingerprint density at radius 1 is 1.03 bits per heavy atom. The molecule has 2 aromatic rings. The van der Waals surface area contributed by atoms with Gasteiger partial charge in [0.2, 0.25) is 5.95 Å². The van der Waals surface area contributed by atoms with E-state index in [4.69, 9.17) is 4.98 Å². The maximum absolute atomic E-state index is 12.9. The van der Waals surface area contributed by atoms with Crippen LogP contribution < -0.4 is 4.90 Å². The molecule has 1 saturated heterocycles. The van der Waals surface area contributed by atoms with Crippen molar-refractivity contribution in [3.05, 3.63) is 47.3 Å². The number of benzene rings is 1. The van der Waals surface area contributed by atoms with Crippen molar-refractivity contribution in [2.75, 3.05) is 44.2 Å². The van der Waals surface area contributed by atoms with E-state index < -0.39 is 0 Å². The minimum atomic E-state index is -0.0426. The predicted octanol–water partition coefficient (Wildman–Crippen LogP) is 2.73. The minimum Gasteiger partial charge on any atom is -0.508 e. The first-order chi connectivity index (χ1) is 14.7. The lowest BCUT2D eigenvalue weighted by Crippen LogP contribution is -2.52. The monoisotopic (exact) mass is 423 g/mol. The average Bonchev–Trinajstić information content (AvgIpc) is 2.95. The van der Waals surface area contributed by atoms with Crippen molar-refractivity contribution >= 4 is 11.9 Å². The predicted molar refractivity (Wildman–Crippen MR) is 122 cm³/mol. The molecule has 0 spiro atoms. The lowest BCUT2D eigenvalue weighted by molar-refractivity contribution is 0.0762. The number of carbonyl (C=O) groups excluding carboxylic acids is 1. The first-order valence-corrected chi connectivity index (χ1v) is 11.1. The highest BCUT2D eigenvalue weighted by molar-refractivity contribution is 5.94. The van der Waals surface area contributed by atoms with Gasteiger partial charge in [0.15, 0.2) is 0 Å². The summed E-state index contributed by atoms with van der Waals surface area (Å²) in [4.78, 5) is 29.2. The SMILES string of the molecule is C.O=C(c1cccc(O)c1)N1CCc2cnc(N3CCN(C4CCC4)CC3)nc2CC1. The molecule has 0 atom stereocenters. The van der Waals surface area contributed by atoms with E-state index >= 15 is 0 Å². The second-order valence-corrected chi connectivity index (χ2v) is 8.59. The van der Waals surface area contributed by atoms with Crippen LogP contribution in [0.4, 0.5) is 5.95 Å². The largest absolute Gasteiger partial charge is 0.508 e. The second kappa shape index (κ2) is 9.22. The van der Waals surface area contributed by atoms with Gasteiger partial charge in [0.1, 0.15) is 5.75 Å². The summed E-state index contributed by atoms with van der Waals surface area (Å²) < 4.78 is 0. The van der Waals surface area contributed by atoms with Gasteiger partial charge in [-0.15, -0.1) is 0 Å². The molecule has 0 unspecified atom stereocenters. The summed E-state index contributed by atoms with van der Waals surface area (Å²) >= 11 is 0. The van der Waals surface area contributed by atoms with Crippen molar-refractivity contribution in [3.63, 3.8) is 0 Å². The van der Waals surface area contributed by atoms with Crippen LogP contribution >= 0.6 is 0 Å². The molecule has 2 aliphatic heterocycles. The number of rotatable bonds is 3. The first-order valence-electron chi connectivity index (χ1n) is 11.1. The van der Waals surface area contributed by atoms with Gasteiger partial charge in [0, 0.05) is 63.5 Å². The number of aromatic nitrogens is 2. The Kier molecular flexibility index (Phi) is 6.41. The molecule has 0 radical (unpaired) electrons. The highest BCUT2D eigenvalue weighted by atomic mass is 16.3. The summed E-state index contributed by atoms with van der Waals surface area (Å²) in [6, 6.07) is 7.37. The van der Waals surface area contributed by atoms with Gasteiger partial charge in [0.05, 0.1) is 5.69 Å². The molecule has 1 aromatic heterocycles. The molecule has 1 saturated carbocycles. The van der Waals surface area contributed by atoms with Crippen LogP contribution in [-0.2, 0) is 12.8 Å². The molecular formula is C24H33N5O2. The highest BCUT2D eigenvalue weighted by Crippen LogP contribution is 2.26. The third kappa shape index (κ3) is 4.51. The molecule has 3 aliphatic rings. The topological polar surface area (TPSA) is 72.8 Å². The normalized spacial score (nSPS) is 19.7. The lowest BCUT2D eigenvalue weighted by atomic mass is 9.91. The molecule has 1 amide bonds. The van der Waals surface area contributed by atoms with Gasteiger partial charge in [-0.05, 0) is 43.0 Å². The fourth-order valence-corrected chi connectivity index (χ4v) is 4.68. The van der Waals surface area contributed by atoms with Crippen molar-refractivity contribution in [2.24, 2.45) is 0 Å². The average molecular weight is 424 g/mol. The molecule has 0 bridgehead atoms. The smallest absolute Gasteiger partial charge is 0.254 e. The van der Waals surface area contributed by atoms with Gasteiger partial charge in [-0.3, -0.25) is 9.69 Å². The van der Waals surface area contributed by atoms with Gasteiger partial charge in [0.25, 0.3) is 5.91 Å². The number of phenols is 1. The van der Waals surface area contributed by atoms with E-state index in [1.54, 1.807) is 18.2 Å². The summed E-state index contributed by atoms with van der Waals surface area (Å²) in [7, 11) is 0. The molecule has 1 aliphatic carbocycles. The molecule has 7 heteroatoms. The zero-order valence-electron chi connectivity index (χ0n) is 17.3. The minimum absolute atomic E-state index is 0. The number of piperazine rings is 1. The Morgan fingerprint density at radius 2 is 1.81 bits per heavy atom. The van der Waals surface area contributed by atoms with Crippen molar-refractivity contribution in [1.82, 2.24) is 19.8 Å². The van der Waals surface area contributed by atoms with Gasteiger partial charge in [-0.1, -0.05) is 19.9 Å². The van der Waals surface area contributed by atoms with Crippen molar-refractivity contribution in [2.45, 2.75) is 45.6 Å². The van der Waals surface area contributed by atoms with Crippen molar-refractivity contribution in [3.8, 4) is 5.75 Å². The van der Waals surface area contributed by atoms with Crippen molar-refractivity contribution in [1.29, 1.82) is 0 Å². The zero-order valence-corrected chi connectivity index (χ0v) is 17.3. The van der Waals surface area contributed by atoms with Crippen LogP contribution in [0.25, 0.3) is 0 Å². The Hall–Kier alpha value is -2.67. The van der Waals surface area contributed by atoms with Crippen LogP contribution in [0.3, 0.4) is 0 Å². The van der Waals surface area contributed by atoms with Crippen LogP contribution in [-0.4, -0.2) is 76.1 Å². The standard InChI is InChI=1S/C23H29N5O2.CH4/c29-20-6-1-3-17(15-20)22(30)27-9-7-18-16-24-23(25-21(18)8-10-27)28-13-11-26(12-14-28)19-4-2-5-19;/h1,3,6,15-16,19,29H,2,4-5,7-14H2;1H4. The van der Waals surface area contributed by atoms with E-state index in [0.717, 1.165) is 62.3 Å². The zero-order chi connectivity index (χ0) is 20.5. The van der Waals surface area contributed by atoms with E-state index in [-0.39, 0.29) is 19.1 Å². The number of phenolic OH excluding ortho intramolecular Hbond substituents is 1. The van der Waals surface area contributed by atoms with E-state index in [9.17, 15) is 9.90 Å². The van der Waals surface area contributed by atoms with Gasteiger partial charge < -0.3 is 14.9 Å². The maximum Gasteiger partial charge on any atom is 0.254 e. The Morgan fingerprint density at radius 3 is 2.52 bits per heavy atom. The number of nitrogens with zero attached hydrogens (tertiary/aromatic N) is 5. The number of aromatic hydroxyl groups is 1. The third-order valence-corrected chi connectivity index (χ3v) is 6.78. The van der Waals surface area contributed by atoms with E-state index in [1.165, 1.54) is 25.3 Å². The maximum atomic E-state index is 12.9. The second-order valence-electron chi connectivity index (χ2n) is 8.59. The van der Waals surface area contributed by atoms with Gasteiger partial charge >= 0.3 is 0 Å². The van der Waals surface area contributed by atoms with Crippen LogP contribution in [0.15, 0.2) is 30.5 Å². The summed E-state index contributed by atoms with van der Waals surface area (Å²) in [6.45, 7) is 5.43. The van der Waals surface area contributed by atoms with Crippen LogP contribution in [0.1, 0.15) is 48.3 Å². The van der Waals surface area contributed by atoms with Crippen LogP contribution in [0, 0.1) is 0 Å². The van der Waals surface area contributed by atoms with E-state index in [2.05, 4.69) is 14.8 Å². The summed E-state index contributed by atoms with van der Waals surface area (Å²) in [5, 5.41) is 9.68. The molecule has 1 N–H and O–H groups in total. The molecule has 7 nitrogen and oxygen atoms in total. The van der Waals surface area contributed by atoms with Gasteiger partial charge in [-0.2, -0.15) is 0 Å². The van der Waals surface area contributed by atoms with Gasteiger partial charge in [-0.25, -0.2) is 9.97 Å². The van der Waals surface area contributed by atoms with Crippen LogP contribution in [0.5, 0.6) is 5.75 Å². The quantitative estimate of drug-likeness (QED) is 0.818. The summed E-state index contributed by atoms with van der Waals surface area (Å²) in [5.41, 5.74) is 2.72. The van der Waals surface area contributed by atoms with Crippen LogP contribution in [0.2, 0.25) is 0 Å².